The number of nitrogens with zero attached hydrogens (tertiary/aromatic N) is 2. The van der Waals surface area contributed by atoms with Crippen molar-refractivity contribution in [2.45, 2.75) is 89.3 Å². The Bertz CT molecular complexity index is 810. The van der Waals surface area contributed by atoms with E-state index in [-0.39, 0.29) is 36.4 Å². The molecule has 1 saturated carbocycles. The van der Waals surface area contributed by atoms with E-state index in [0.29, 0.717) is 6.42 Å². The monoisotopic (exact) mass is 410 g/mol. The highest BCUT2D eigenvalue weighted by Crippen LogP contribution is 2.38. The first-order valence-electron chi connectivity index (χ1n) is 11.3. The molecule has 6 nitrogen and oxygen atoms in total. The Morgan fingerprint density at radius 3 is 2.63 bits per heavy atom. The van der Waals surface area contributed by atoms with Crippen LogP contribution in [0.3, 0.4) is 0 Å². The Balaban J connectivity index is 1.77. The van der Waals surface area contributed by atoms with Crippen LogP contribution in [0.4, 0.5) is 5.69 Å². The van der Waals surface area contributed by atoms with E-state index in [1.807, 2.05) is 31.2 Å². The standard InChI is InChI=1S/C24H34N4O2/c1-4-17(2)26-23(30)20-14-18(3)28(21-11-7-6-10-19(20)21)15-22(29)27-24(16-25)12-8-5-9-13-24/h6-7,10-11,17-18,20H,4-5,8-9,12-15H2,1-3H3,(H,26,30)(H,27,29)/t17-,18+,20+/m1/s1. The third-order valence-corrected chi connectivity index (χ3v) is 6.66. The molecule has 0 radical (unpaired) electrons. The molecule has 30 heavy (non-hydrogen) atoms. The number of amides is 2. The van der Waals surface area contributed by atoms with Crippen LogP contribution in [-0.2, 0) is 9.59 Å². The summed E-state index contributed by atoms with van der Waals surface area (Å²) in [6, 6.07) is 10.4. The molecular weight excluding hydrogens is 376 g/mol. The molecule has 0 aromatic heterocycles. The van der Waals surface area contributed by atoms with Crippen LogP contribution in [0.1, 0.15) is 77.2 Å². The number of benzene rings is 1. The average Bonchev–Trinajstić information content (AvgIpc) is 2.75. The number of carbonyl (C=O) groups excluding carboxylic acids is 2. The molecule has 1 fully saturated rings. The van der Waals surface area contributed by atoms with Gasteiger partial charge in [0.15, 0.2) is 0 Å². The van der Waals surface area contributed by atoms with Crippen molar-refractivity contribution in [3.63, 3.8) is 0 Å². The zero-order valence-corrected chi connectivity index (χ0v) is 18.4. The van der Waals surface area contributed by atoms with Gasteiger partial charge < -0.3 is 15.5 Å². The molecule has 1 heterocycles. The maximum Gasteiger partial charge on any atom is 0.240 e. The number of hydrogen-bond donors (Lipinski definition) is 2. The van der Waals surface area contributed by atoms with E-state index in [4.69, 9.17) is 0 Å². The third kappa shape index (κ3) is 4.77. The van der Waals surface area contributed by atoms with Crippen LogP contribution in [0.25, 0.3) is 0 Å². The lowest BCUT2D eigenvalue weighted by atomic mass is 9.82. The molecule has 162 valence electrons. The quantitative estimate of drug-likeness (QED) is 0.750. The largest absolute Gasteiger partial charge is 0.359 e. The summed E-state index contributed by atoms with van der Waals surface area (Å²) in [5.41, 5.74) is 1.18. The van der Waals surface area contributed by atoms with E-state index < -0.39 is 5.54 Å². The molecule has 0 bridgehead atoms. The predicted molar refractivity (Wildman–Crippen MR) is 118 cm³/mol. The minimum Gasteiger partial charge on any atom is -0.359 e. The molecule has 3 atom stereocenters. The number of hydrogen-bond acceptors (Lipinski definition) is 4. The van der Waals surface area contributed by atoms with Gasteiger partial charge in [-0.2, -0.15) is 5.26 Å². The summed E-state index contributed by atoms with van der Waals surface area (Å²) in [5.74, 6) is -0.283. The first-order valence-corrected chi connectivity index (χ1v) is 11.3. The van der Waals surface area contributed by atoms with Crippen molar-refractivity contribution in [2.24, 2.45) is 0 Å². The molecule has 6 heteroatoms. The van der Waals surface area contributed by atoms with Crippen molar-refractivity contribution in [3.05, 3.63) is 29.8 Å². The van der Waals surface area contributed by atoms with Crippen molar-refractivity contribution >= 4 is 17.5 Å². The van der Waals surface area contributed by atoms with Crippen LogP contribution in [0.2, 0.25) is 0 Å². The molecule has 0 spiro atoms. The molecule has 1 aliphatic heterocycles. The molecular formula is C24H34N4O2. The summed E-state index contributed by atoms with van der Waals surface area (Å²) in [6.07, 6.45) is 6.07. The third-order valence-electron chi connectivity index (χ3n) is 6.66. The lowest BCUT2D eigenvalue weighted by Crippen LogP contribution is -2.54. The van der Waals surface area contributed by atoms with E-state index in [2.05, 4.69) is 35.5 Å². The van der Waals surface area contributed by atoms with Crippen molar-refractivity contribution < 1.29 is 9.59 Å². The van der Waals surface area contributed by atoms with Gasteiger partial charge in [-0.15, -0.1) is 0 Å². The Morgan fingerprint density at radius 1 is 1.27 bits per heavy atom. The van der Waals surface area contributed by atoms with Gasteiger partial charge in [-0.1, -0.05) is 44.4 Å². The van der Waals surface area contributed by atoms with Crippen LogP contribution in [0.15, 0.2) is 24.3 Å². The SMILES string of the molecule is CC[C@@H](C)NC(=O)[C@H]1C[C@H](C)N(CC(=O)NC2(C#N)CCCCC2)c2ccccc21. The highest BCUT2D eigenvalue weighted by atomic mass is 16.2. The first kappa shape index (κ1) is 22.1. The second kappa shape index (κ2) is 9.51. The Kier molecular flexibility index (Phi) is 7.02. The van der Waals surface area contributed by atoms with Gasteiger partial charge in [-0.25, -0.2) is 0 Å². The maximum atomic E-state index is 12.9. The molecule has 2 aliphatic rings. The zero-order chi connectivity index (χ0) is 21.7. The molecule has 1 aromatic carbocycles. The van der Waals surface area contributed by atoms with E-state index in [9.17, 15) is 14.9 Å². The normalized spacial score (nSPS) is 23.6. The number of carbonyl (C=O) groups is 2. The Hall–Kier alpha value is -2.55. The fourth-order valence-electron chi connectivity index (χ4n) is 4.69. The highest BCUT2D eigenvalue weighted by molar-refractivity contribution is 5.88. The number of rotatable bonds is 6. The number of nitriles is 1. The van der Waals surface area contributed by atoms with E-state index in [1.165, 1.54) is 0 Å². The maximum absolute atomic E-state index is 12.9. The molecule has 3 rings (SSSR count). The van der Waals surface area contributed by atoms with Gasteiger partial charge in [-0.3, -0.25) is 9.59 Å². The molecule has 1 aliphatic carbocycles. The van der Waals surface area contributed by atoms with Gasteiger partial charge >= 0.3 is 0 Å². The van der Waals surface area contributed by atoms with E-state index in [0.717, 1.165) is 49.8 Å². The van der Waals surface area contributed by atoms with Gasteiger partial charge in [0, 0.05) is 17.8 Å². The summed E-state index contributed by atoms with van der Waals surface area (Å²) in [5, 5.41) is 15.8. The van der Waals surface area contributed by atoms with Crippen molar-refractivity contribution in [1.29, 1.82) is 5.26 Å². The lowest BCUT2D eigenvalue weighted by Gasteiger charge is -2.41. The number of fused-ring (bicyclic) bond motifs is 1. The first-order chi connectivity index (χ1) is 14.4. The second-order valence-electron chi connectivity index (χ2n) is 8.94. The van der Waals surface area contributed by atoms with Crippen LogP contribution >= 0.6 is 0 Å². The molecule has 2 amide bonds. The highest BCUT2D eigenvalue weighted by Gasteiger charge is 2.37. The molecule has 0 saturated heterocycles. The minimum atomic E-state index is -0.730. The second-order valence-corrected chi connectivity index (χ2v) is 8.94. The number of para-hydroxylation sites is 1. The summed E-state index contributed by atoms with van der Waals surface area (Å²) in [4.78, 5) is 27.9. The van der Waals surface area contributed by atoms with Gasteiger partial charge in [-0.05, 0) is 51.2 Å². The minimum absolute atomic E-state index is 0.0442. The summed E-state index contributed by atoms with van der Waals surface area (Å²) >= 11 is 0. The Labute approximate surface area is 180 Å². The van der Waals surface area contributed by atoms with Gasteiger partial charge in [0.1, 0.15) is 5.54 Å². The van der Waals surface area contributed by atoms with Crippen molar-refractivity contribution in [3.8, 4) is 6.07 Å². The van der Waals surface area contributed by atoms with E-state index >= 15 is 0 Å². The fraction of sp³-hybridized carbons (Fsp3) is 0.625. The number of anilines is 1. The zero-order valence-electron chi connectivity index (χ0n) is 18.4. The molecule has 2 N–H and O–H groups in total. The summed E-state index contributed by atoms with van der Waals surface area (Å²) < 4.78 is 0. The summed E-state index contributed by atoms with van der Waals surface area (Å²) in [6.45, 7) is 6.33. The molecule has 0 unspecified atom stereocenters. The van der Waals surface area contributed by atoms with Crippen molar-refractivity contribution in [2.75, 3.05) is 11.4 Å². The lowest BCUT2D eigenvalue weighted by molar-refractivity contribution is -0.123. The fourth-order valence-corrected chi connectivity index (χ4v) is 4.69. The molecule has 1 aromatic rings. The topological polar surface area (TPSA) is 85.2 Å². The average molecular weight is 411 g/mol. The van der Waals surface area contributed by atoms with Crippen LogP contribution < -0.4 is 15.5 Å². The summed E-state index contributed by atoms with van der Waals surface area (Å²) in [7, 11) is 0. The van der Waals surface area contributed by atoms with Gasteiger partial charge in [0.25, 0.3) is 0 Å². The van der Waals surface area contributed by atoms with Gasteiger partial charge in [0.05, 0.1) is 18.5 Å². The van der Waals surface area contributed by atoms with Crippen LogP contribution in [0, 0.1) is 11.3 Å². The smallest absolute Gasteiger partial charge is 0.240 e. The van der Waals surface area contributed by atoms with Crippen molar-refractivity contribution in [1.82, 2.24) is 10.6 Å². The van der Waals surface area contributed by atoms with Gasteiger partial charge in [0.2, 0.25) is 11.8 Å². The van der Waals surface area contributed by atoms with E-state index in [1.54, 1.807) is 0 Å². The van der Waals surface area contributed by atoms with Crippen LogP contribution in [0.5, 0.6) is 0 Å². The van der Waals surface area contributed by atoms with Crippen LogP contribution in [-0.4, -0.2) is 36.0 Å². The number of nitrogens with one attached hydrogen (secondary N) is 2. The predicted octanol–water partition coefficient (Wildman–Crippen LogP) is 3.63. The Morgan fingerprint density at radius 2 is 1.97 bits per heavy atom.